The molecule has 0 fully saturated rings. The molecule has 5 heteroatoms. The number of unbranched alkanes of at least 4 members (excludes halogenated alkanes) is 1. The van der Waals surface area contributed by atoms with E-state index < -0.39 is 10.0 Å². The lowest BCUT2D eigenvalue weighted by molar-refractivity contribution is 0.439. The summed E-state index contributed by atoms with van der Waals surface area (Å²) in [6.45, 7) is 11.6. The monoisotopic (exact) mass is 276 g/mol. The first-order valence-corrected chi connectivity index (χ1v) is 8.37. The molecule has 4 nitrogen and oxygen atoms in total. The normalized spacial score (nSPS) is 12.3. The first-order valence-electron chi connectivity index (χ1n) is 6.76. The van der Waals surface area contributed by atoms with Crippen molar-refractivity contribution in [1.82, 2.24) is 9.62 Å². The Morgan fingerprint density at radius 1 is 1.33 bits per heavy atom. The van der Waals surface area contributed by atoms with Crippen LogP contribution in [0.5, 0.6) is 0 Å². The molecule has 0 aliphatic carbocycles. The Morgan fingerprint density at radius 3 is 2.50 bits per heavy atom. The van der Waals surface area contributed by atoms with Crippen LogP contribution in [-0.2, 0) is 10.0 Å². The summed E-state index contributed by atoms with van der Waals surface area (Å²) in [7, 11) is -3.11. The zero-order valence-corrected chi connectivity index (χ0v) is 12.8. The molecular formula is C13H28N2O2S. The van der Waals surface area contributed by atoms with Crippen LogP contribution in [0.2, 0.25) is 0 Å². The second-order valence-corrected chi connectivity index (χ2v) is 6.87. The Hall–Kier alpha value is -0.390. The van der Waals surface area contributed by atoms with Gasteiger partial charge in [0.05, 0.1) is 5.75 Å². The Kier molecular flexibility index (Phi) is 9.32. The number of rotatable bonds is 11. The van der Waals surface area contributed by atoms with Crippen LogP contribution < -0.4 is 5.32 Å². The van der Waals surface area contributed by atoms with Crippen molar-refractivity contribution in [1.29, 1.82) is 0 Å². The van der Waals surface area contributed by atoms with Crippen molar-refractivity contribution in [2.24, 2.45) is 0 Å². The van der Waals surface area contributed by atoms with Gasteiger partial charge in [-0.05, 0) is 25.8 Å². The zero-order valence-electron chi connectivity index (χ0n) is 12.0. The van der Waals surface area contributed by atoms with Crippen molar-refractivity contribution >= 4 is 10.0 Å². The minimum atomic E-state index is -3.11. The summed E-state index contributed by atoms with van der Waals surface area (Å²) in [5.74, 6) is 0.237. The van der Waals surface area contributed by atoms with Crippen molar-refractivity contribution in [3.05, 3.63) is 12.7 Å². The maximum Gasteiger partial charge on any atom is 0.214 e. The molecule has 0 heterocycles. The molecule has 1 N–H and O–H groups in total. The predicted molar refractivity (Wildman–Crippen MR) is 78.2 cm³/mol. The van der Waals surface area contributed by atoms with E-state index in [4.69, 9.17) is 0 Å². The van der Waals surface area contributed by atoms with E-state index >= 15 is 0 Å². The first-order chi connectivity index (χ1) is 8.44. The van der Waals surface area contributed by atoms with Crippen LogP contribution >= 0.6 is 0 Å². The van der Waals surface area contributed by atoms with Gasteiger partial charge in [-0.3, -0.25) is 0 Å². The number of nitrogens with zero attached hydrogens (tertiary/aromatic N) is 1. The van der Waals surface area contributed by atoms with Gasteiger partial charge in [0.25, 0.3) is 0 Å². The molecule has 0 aliphatic heterocycles. The maximum atomic E-state index is 12.1. The lowest BCUT2D eigenvalue weighted by Crippen LogP contribution is -2.34. The Labute approximate surface area is 112 Å². The summed E-state index contributed by atoms with van der Waals surface area (Å²) in [6.07, 6.45) is 4.08. The largest absolute Gasteiger partial charge is 0.315 e. The highest BCUT2D eigenvalue weighted by Gasteiger charge is 2.19. The van der Waals surface area contributed by atoms with Crippen molar-refractivity contribution in [2.75, 3.05) is 25.4 Å². The number of nitrogens with one attached hydrogen (secondary N) is 1. The second kappa shape index (κ2) is 9.53. The molecule has 0 aromatic rings. The minimum Gasteiger partial charge on any atom is -0.315 e. The van der Waals surface area contributed by atoms with E-state index in [-0.39, 0.29) is 5.75 Å². The van der Waals surface area contributed by atoms with Crippen LogP contribution in [0, 0.1) is 0 Å². The van der Waals surface area contributed by atoms with Gasteiger partial charge in [-0.2, -0.15) is 4.31 Å². The quantitative estimate of drug-likeness (QED) is 0.464. The molecule has 0 aromatic carbocycles. The van der Waals surface area contributed by atoms with Crippen LogP contribution in [0.1, 0.15) is 40.0 Å². The SMILES string of the molecule is C=CCN(CCC)S(=O)(=O)CCCCNC(C)C. The Bertz CT molecular complexity index is 313. The molecule has 0 saturated heterocycles. The molecule has 0 amide bonds. The topological polar surface area (TPSA) is 49.4 Å². The first kappa shape index (κ1) is 17.6. The van der Waals surface area contributed by atoms with Crippen LogP contribution in [0.4, 0.5) is 0 Å². The van der Waals surface area contributed by atoms with Crippen LogP contribution in [0.25, 0.3) is 0 Å². The summed E-state index contributed by atoms with van der Waals surface area (Å²) >= 11 is 0. The smallest absolute Gasteiger partial charge is 0.214 e. The van der Waals surface area contributed by atoms with Gasteiger partial charge in [-0.15, -0.1) is 6.58 Å². The third-order valence-corrected chi connectivity index (χ3v) is 4.50. The van der Waals surface area contributed by atoms with E-state index in [1.165, 1.54) is 4.31 Å². The van der Waals surface area contributed by atoms with Gasteiger partial charge in [0.15, 0.2) is 0 Å². The van der Waals surface area contributed by atoms with Gasteiger partial charge >= 0.3 is 0 Å². The fourth-order valence-electron chi connectivity index (χ4n) is 1.67. The van der Waals surface area contributed by atoms with Crippen LogP contribution in [0.3, 0.4) is 0 Å². The van der Waals surface area contributed by atoms with E-state index in [0.717, 1.165) is 19.4 Å². The highest BCUT2D eigenvalue weighted by atomic mass is 32.2. The summed E-state index contributed by atoms with van der Waals surface area (Å²) < 4.78 is 25.7. The highest BCUT2D eigenvalue weighted by Crippen LogP contribution is 2.06. The molecule has 0 aliphatic rings. The van der Waals surface area contributed by atoms with Crippen LogP contribution in [0.15, 0.2) is 12.7 Å². The third-order valence-electron chi connectivity index (χ3n) is 2.58. The molecule has 108 valence electrons. The van der Waals surface area contributed by atoms with E-state index in [0.29, 0.717) is 25.6 Å². The fourth-order valence-corrected chi connectivity index (χ4v) is 3.29. The summed E-state index contributed by atoms with van der Waals surface area (Å²) in [5, 5.41) is 3.29. The maximum absolute atomic E-state index is 12.1. The summed E-state index contributed by atoms with van der Waals surface area (Å²) in [6, 6.07) is 0.457. The second-order valence-electron chi connectivity index (χ2n) is 4.78. The van der Waals surface area contributed by atoms with Crippen molar-refractivity contribution in [3.63, 3.8) is 0 Å². The molecular weight excluding hydrogens is 248 g/mol. The van der Waals surface area contributed by atoms with E-state index in [1.54, 1.807) is 6.08 Å². The number of sulfonamides is 1. The summed E-state index contributed by atoms with van der Waals surface area (Å²) in [4.78, 5) is 0. The van der Waals surface area contributed by atoms with E-state index in [2.05, 4.69) is 25.7 Å². The van der Waals surface area contributed by atoms with Crippen molar-refractivity contribution in [3.8, 4) is 0 Å². The van der Waals surface area contributed by atoms with Crippen molar-refractivity contribution in [2.45, 2.75) is 46.1 Å². The fraction of sp³-hybridized carbons (Fsp3) is 0.846. The zero-order chi connectivity index (χ0) is 14.0. The van der Waals surface area contributed by atoms with Gasteiger partial charge in [0.1, 0.15) is 0 Å². The molecule has 0 atom stereocenters. The van der Waals surface area contributed by atoms with Gasteiger partial charge in [-0.25, -0.2) is 8.42 Å². The third kappa shape index (κ3) is 7.84. The average molecular weight is 276 g/mol. The minimum absolute atomic E-state index is 0.237. The summed E-state index contributed by atoms with van der Waals surface area (Å²) in [5.41, 5.74) is 0. The lowest BCUT2D eigenvalue weighted by Gasteiger charge is -2.20. The van der Waals surface area contributed by atoms with Crippen molar-refractivity contribution < 1.29 is 8.42 Å². The number of hydrogen-bond donors (Lipinski definition) is 1. The molecule has 0 unspecified atom stereocenters. The molecule has 0 aromatic heterocycles. The standard InChI is InChI=1S/C13H28N2O2S/c1-5-10-15(11-6-2)18(16,17)12-8-7-9-14-13(3)4/h5,13-14H,1,6-12H2,2-4H3. The molecule has 0 bridgehead atoms. The average Bonchev–Trinajstić information content (AvgIpc) is 2.27. The molecule has 18 heavy (non-hydrogen) atoms. The highest BCUT2D eigenvalue weighted by molar-refractivity contribution is 7.89. The van der Waals surface area contributed by atoms with Gasteiger partial charge in [0, 0.05) is 19.1 Å². The molecule has 0 radical (unpaired) electrons. The Morgan fingerprint density at radius 2 is 2.00 bits per heavy atom. The van der Waals surface area contributed by atoms with Crippen LogP contribution in [-0.4, -0.2) is 44.2 Å². The van der Waals surface area contributed by atoms with Gasteiger partial charge < -0.3 is 5.32 Å². The van der Waals surface area contributed by atoms with Gasteiger partial charge in [0.2, 0.25) is 10.0 Å². The lowest BCUT2D eigenvalue weighted by atomic mass is 10.3. The molecule has 0 saturated carbocycles. The molecule has 0 rings (SSSR count). The molecule has 0 spiro atoms. The number of hydrogen-bond acceptors (Lipinski definition) is 3. The van der Waals surface area contributed by atoms with Gasteiger partial charge in [-0.1, -0.05) is 26.8 Å². The Balaban J connectivity index is 4.07. The predicted octanol–water partition coefficient (Wildman–Crippen LogP) is 1.99. The van der Waals surface area contributed by atoms with E-state index in [1.807, 2.05) is 6.92 Å². The van der Waals surface area contributed by atoms with E-state index in [9.17, 15) is 8.42 Å².